The van der Waals surface area contributed by atoms with Crippen molar-refractivity contribution in [2.24, 2.45) is 5.73 Å². The van der Waals surface area contributed by atoms with E-state index in [1.165, 1.54) is 25.3 Å². The molecule has 3 aromatic rings. The maximum atomic E-state index is 13.8. The first kappa shape index (κ1) is 23.0. The standard InChI is InChI=1S/C24H24F2N2O4/c1-31-23-12-16(7-10-22(23)32-14-18-19(25)3-2-4-20(18)26)13-28-21(24(27)30)11-15-5-8-17(29)9-6-15/h2-10,12,21,28-29H,11,13-14H2,1H3,(H2,27,30). The third kappa shape index (κ3) is 5.95. The molecule has 3 rings (SSSR count). The second-order valence-electron chi connectivity index (χ2n) is 7.18. The van der Waals surface area contributed by atoms with Crippen LogP contribution in [-0.4, -0.2) is 24.2 Å². The van der Waals surface area contributed by atoms with Crippen molar-refractivity contribution in [3.05, 3.63) is 89.0 Å². The summed E-state index contributed by atoms with van der Waals surface area (Å²) in [6, 6.07) is 14.6. The third-order valence-corrected chi connectivity index (χ3v) is 4.93. The predicted octanol–water partition coefficient (Wildman–Crippen LogP) is 3.44. The van der Waals surface area contributed by atoms with E-state index in [1.54, 1.807) is 42.5 Å². The molecule has 0 radical (unpaired) electrons. The normalized spacial score (nSPS) is 11.7. The Labute approximate surface area is 184 Å². The van der Waals surface area contributed by atoms with Gasteiger partial charge in [0.2, 0.25) is 5.91 Å². The molecule has 4 N–H and O–H groups in total. The van der Waals surface area contributed by atoms with Gasteiger partial charge in [-0.05, 0) is 53.9 Å². The third-order valence-electron chi connectivity index (χ3n) is 4.93. The quantitative estimate of drug-likeness (QED) is 0.447. The Bertz CT molecular complexity index is 1050. The van der Waals surface area contributed by atoms with Crippen LogP contribution in [0.5, 0.6) is 17.2 Å². The van der Waals surface area contributed by atoms with Crippen LogP contribution < -0.4 is 20.5 Å². The van der Waals surface area contributed by atoms with Crippen molar-refractivity contribution < 1.29 is 28.2 Å². The number of carbonyl (C=O) groups excluding carboxylic acids is 1. The molecule has 168 valence electrons. The fourth-order valence-corrected chi connectivity index (χ4v) is 3.14. The number of hydrogen-bond donors (Lipinski definition) is 3. The zero-order valence-electron chi connectivity index (χ0n) is 17.5. The summed E-state index contributed by atoms with van der Waals surface area (Å²) in [5.41, 5.74) is 7.00. The molecule has 0 aliphatic rings. The van der Waals surface area contributed by atoms with Gasteiger partial charge in [0.05, 0.1) is 18.7 Å². The second-order valence-corrected chi connectivity index (χ2v) is 7.18. The average Bonchev–Trinajstić information content (AvgIpc) is 2.77. The molecule has 0 aliphatic carbocycles. The van der Waals surface area contributed by atoms with Crippen LogP contribution >= 0.6 is 0 Å². The van der Waals surface area contributed by atoms with Gasteiger partial charge in [-0.1, -0.05) is 24.3 Å². The molecule has 0 bridgehead atoms. The molecule has 0 saturated carbocycles. The number of phenols is 1. The number of hydrogen-bond acceptors (Lipinski definition) is 5. The topological polar surface area (TPSA) is 93.8 Å². The minimum atomic E-state index is -0.684. The molecule has 8 heteroatoms. The summed E-state index contributed by atoms with van der Waals surface area (Å²) in [5, 5.41) is 12.5. The maximum absolute atomic E-state index is 13.8. The minimum absolute atomic E-state index is 0.143. The van der Waals surface area contributed by atoms with E-state index in [-0.39, 0.29) is 17.9 Å². The number of primary amides is 1. The number of benzene rings is 3. The van der Waals surface area contributed by atoms with Crippen LogP contribution in [-0.2, 0) is 24.4 Å². The van der Waals surface area contributed by atoms with Gasteiger partial charge in [-0.2, -0.15) is 0 Å². The Morgan fingerprint density at radius 1 is 1.03 bits per heavy atom. The molecule has 32 heavy (non-hydrogen) atoms. The van der Waals surface area contributed by atoms with Crippen LogP contribution in [0, 0.1) is 11.6 Å². The predicted molar refractivity (Wildman–Crippen MR) is 115 cm³/mol. The highest BCUT2D eigenvalue weighted by Crippen LogP contribution is 2.29. The summed E-state index contributed by atoms with van der Waals surface area (Å²) in [7, 11) is 1.46. The number of ether oxygens (including phenoxy) is 2. The first-order valence-corrected chi connectivity index (χ1v) is 9.90. The van der Waals surface area contributed by atoms with Gasteiger partial charge >= 0.3 is 0 Å². The Morgan fingerprint density at radius 3 is 2.31 bits per heavy atom. The van der Waals surface area contributed by atoms with Gasteiger partial charge in [0.15, 0.2) is 11.5 Å². The van der Waals surface area contributed by atoms with E-state index in [0.717, 1.165) is 11.1 Å². The first-order valence-electron chi connectivity index (χ1n) is 9.90. The molecule has 3 aromatic carbocycles. The number of carbonyl (C=O) groups is 1. The number of amides is 1. The zero-order chi connectivity index (χ0) is 23.1. The lowest BCUT2D eigenvalue weighted by Crippen LogP contribution is -2.42. The first-order chi connectivity index (χ1) is 15.4. The lowest BCUT2D eigenvalue weighted by molar-refractivity contribution is -0.120. The van der Waals surface area contributed by atoms with E-state index in [1.807, 2.05) is 0 Å². The summed E-state index contributed by atoms with van der Waals surface area (Å²) in [6.45, 7) is 0.0348. The lowest BCUT2D eigenvalue weighted by Gasteiger charge is -2.17. The fraction of sp³-hybridized carbons (Fsp3) is 0.208. The van der Waals surface area contributed by atoms with Crippen molar-refractivity contribution >= 4 is 5.91 Å². The molecule has 0 aromatic heterocycles. The van der Waals surface area contributed by atoms with E-state index < -0.39 is 23.6 Å². The highest BCUT2D eigenvalue weighted by molar-refractivity contribution is 5.80. The average molecular weight is 442 g/mol. The van der Waals surface area contributed by atoms with Gasteiger partial charge in [0.1, 0.15) is 24.0 Å². The minimum Gasteiger partial charge on any atom is -0.508 e. The van der Waals surface area contributed by atoms with Crippen LogP contribution in [0.4, 0.5) is 8.78 Å². The molecule has 1 atom stereocenters. The summed E-state index contributed by atoms with van der Waals surface area (Å²) in [4.78, 5) is 11.8. The molecular formula is C24H24F2N2O4. The second kappa shape index (κ2) is 10.6. The maximum Gasteiger partial charge on any atom is 0.234 e. The van der Waals surface area contributed by atoms with Crippen molar-refractivity contribution in [1.82, 2.24) is 5.32 Å². The van der Waals surface area contributed by atoms with Crippen LogP contribution in [0.25, 0.3) is 0 Å². The van der Waals surface area contributed by atoms with Crippen LogP contribution in [0.3, 0.4) is 0 Å². The van der Waals surface area contributed by atoms with Crippen molar-refractivity contribution in [2.45, 2.75) is 25.6 Å². The van der Waals surface area contributed by atoms with Gasteiger partial charge in [-0.25, -0.2) is 8.78 Å². The Kier molecular flexibility index (Phi) is 7.62. The summed E-state index contributed by atoms with van der Waals surface area (Å²) in [5.74, 6) is -1.02. The Hall–Kier alpha value is -3.65. The van der Waals surface area contributed by atoms with Gasteiger partial charge < -0.3 is 25.6 Å². The summed E-state index contributed by atoms with van der Waals surface area (Å²) in [6.07, 6.45) is 0.363. The Morgan fingerprint density at radius 2 is 1.69 bits per heavy atom. The molecular weight excluding hydrogens is 418 g/mol. The van der Waals surface area contributed by atoms with Gasteiger partial charge in [-0.15, -0.1) is 0 Å². The van der Waals surface area contributed by atoms with E-state index >= 15 is 0 Å². The number of aromatic hydroxyl groups is 1. The summed E-state index contributed by atoms with van der Waals surface area (Å²) >= 11 is 0. The number of rotatable bonds is 10. The smallest absolute Gasteiger partial charge is 0.234 e. The van der Waals surface area contributed by atoms with Gasteiger partial charge in [0.25, 0.3) is 0 Å². The zero-order valence-corrected chi connectivity index (χ0v) is 17.5. The van der Waals surface area contributed by atoms with E-state index in [9.17, 15) is 18.7 Å². The van der Waals surface area contributed by atoms with Crippen molar-refractivity contribution in [3.8, 4) is 17.2 Å². The monoisotopic (exact) mass is 442 g/mol. The van der Waals surface area contributed by atoms with Crippen molar-refractivity contribution in [3.63, 3.8) is 0 Å². The molecule has 0 fully saturated rings. The van der Waals surface area contributed by atoms with Gasteiger partial charge in [-0.3, -0.25) is 4.79 Å². The highest BCUT2D eigenvalue weighted by Gasteiger charge is 2.16. The highest BCUT2D eigenvalue weighted by atomic mass is 19.1. The van der Waals surface area contributed by atoms with Crippen molar-refractivity contribution in [1.29, 1.82) is 0 Å². The Balaban J connectivity index is 1.65. The van der Waals surface area contributed by atoms with Gasteiger partial charge in [0, 0.05) is 6.54 Å². The van der Waals surface area contributed by atoms with E-state index in [4.69, 9.17) is 15.2 Å². The molecule has 0 saturated heterocycles. The largest absolute Gasteiger partial charge is 0.508 e. The van der Waals surface area contributed by atoms with Crippen LogP contribution in [0.2, 0.25) is 0 Å². The fourth-order valence-electron chi connectivity index (χ4n) is 3.14. The lowest BCUT2D eigenvalue weighted by atomic mass is 10.0. The number of nitrogens with one attached hydrogen (secondary N) is 1. The van der Waals surface area contributed by atoms with Crippen molar-refractivity contribution in [2.75, 3.05) is 7.11 Å². The molecule has 0 aliphatic heterocycles. The molecule has 0 spiro atoms. The van der Waals surface area contributed by atoms with Crippen LogP contribution in [0.1, 0.15) is 16.7 Å². The van der Waals surface area contributed by atoms with Crippen LogP contribution in [0.15, 0.2) is 60.7 Å². The molecule has 0 heterocycles. The SMILES string of the molecule is COc1cc(CNC(Cc2ccc(O)cc2)C(N)=O)ccc1OCc1c(F)cccc1F. The number of phenolic OH excluding ortho intramolecular Hbond substituents is 1. The number of methoxy groups -OCH3 is 1. The summed E-state index contributed by atoms with van der Waals surface area (Å²) < 4.78 is 38.5. The molecule has 6 nitrogen and oxygen atoms in total. The number of halogens is 2. The molecule has 1 unspecified atom stereocenters. The number of nitrogens with two attached hydrogens (primary N) is 1. The van der Waals surface area contributed by atoms with E-state index in [2.05, 4.69) is 5.32 Å². The molecule has 1 amide bonds. The van der Waals surface area contributed by atoms with E-state index in [0.29, 0.717) is 24.5 Å².